The molecule has 1 aromatic heterocycles. The molecule has 1 heterocycles. The van der Waals surface area contributed by atoms with E-state index in [9.17, 15) is 4.79 Å². The van der Waals surface area contributed by atoms with Crippen molar-refractivity contribution in [3.8, 4) is 17.1 Å². The summed E-state index contributed by atoms with van der Waals surface area (Å²) in [6.07, 6.45) is 0.880. The molecule has 1 atom stereocenters. The third-order valence-electron chi connectivity index (χ3n) is 5.59. The molecule has 3 rings (SSSR count). The Morgan fingerprint density at radius 3 is 2.47 bits per heavy atom. The predicted molar refractivity (Wildman–Crippen MR) is 129 cm³/mol. The minimum absolute atomic E-state index is 0.0949. The molecule has 0 aliphatic carbocycles. The summed E-state index contributed by atoms with van der Waals surface area (Å²) in [5.74, 6) is 1.29. The molecule has 1 amide bonds. The van der Waals surface area contributed by atoms with E-state index >= 15 is 0 Å². The van der Waals surface area contributed by atoms with Gasteiger partial charge in [-0.2, -0.15) is 5.10 Å². The van der Waals surface area contributed by atoms with Crippen molar-refractivity contribution < 1.29 is 9.53 Å². The van der Waals surface area contributed by atoms with Gasteiger partial charge in [0.2, 0.25) is 5.91 Å². The lowest BCUT2D eigenvalue weighted by atomic mass is 10.0. The summed E-state index contributed by atoms with van der Waals surface area (Å²) in [6.45, 7) is 6.83. The maximum absolute atomic E-state index is 12.8. The molecule has 170 valence electrons. The number of nitrogens with one attached hydrogen (secondary N) is 2. The van der Waals surface area contributed by atoms with Gasteiger partial charge in [0, 0.05) is 18.2 Å². The molecular formula is C24H31N5O2S. The van der Waals surface area contributed by atoms with Gasteiger partial charge < -0.3 is 10.1 Å². The Morgan fingerprint density at radius 2 is 1.84 bits per heavy atom. The van der Waals surface area contributed by atoms with Crippen LogP contribution >= 0.6 is 12.2 Å². The molecule has 0 saturated carbocycles. The van der Waals surface area contributed by atoms with Crippen molar-refractivity contribution in [3.63, 3.8) is 0 Å². The topological polar surface area (TPSA) is 75.2 Å². The molecule has 1 unspecified atom stereocenters. The number of benzene rings is 2. The highest BCUT2D eigenvalue weighted by molar-refractivity contribution is 7.71. The molecule has 8 heteroatoms. The second-order valence-corrected chi connectivity index (χ2v) is 7.92. The number of methoxy groups -OCH3 is 1. The maximum atomic E-state index is 12.8. The quantitative estimate of drug-likeness (QED) is 0.433. The summed E-state index contributed by atoms with van der Waals surface area (Å²) < 4.78 is 7.35. The smallest absolute Gasteiger partial charge is 0.240 e. The molecule has 0 radical (unpaired) electrons. The van der Waals surface area contributed by atoms with Crippen LogP contribution in [-0.2, 0) is 17.8 Å². The van der Waals surface area contributed by atoms with Crippen molar-refractivity contribution in [1.82, 2.24) is 25.0 Å². The van der Waals surface area contributed by atoms with E-state index < -0.39 is 0 Å². The summed E-state index contributed by atoms with van der Waals surface area (Å²) in [4.78, 5) is 15.2. The van der Waals surface area contributed by atoms with Crippen LogP contribution in [0.2, 0.25) is 0 Å². The van der Waals surface area contributed by atoms with E-state index in [2.05, 4.69) is 58.5 Å². The number of rotatable bonds is 11. The molecule has 0 spiro atoms. The number of carbonyl (C=O) groups excluding carboxylic acids is 1. The number of aromatic amines is 1. The minimum Gasteiger partial charge on any atom is -0.497 e. The Balaban J connectivity index is 1.69. The van der Waals surface area contributed by atoms with Gasteiger partial charge in [-0.3, -0.25) is 19.4 Å². The second kappa shape index (κ2) is 11.6. The summed E-state index contributed by atoms with van der Waals surface area (Å²) in [5.41, 5.74) is 2.12. The molecule has 0 fully saturated rings. The van der Waals surface area contributed by atoms with Crippen LogP contribution in [0.5, 0.6) is 5.75 Å². The van der Waals surface area contributed by atoms with Crippen molar-refractivity contribution in [1.29, 1.82) is 0 Å². The number of ether oxygens (including phenoxy) is 1. The van der Waals surface area contributed by atoms with Crippen molar-refractivity contribution in [3.05, 3.63) is 64.9 Å². The van der Waals surface area contributed by atoms with Crippen LogP contribution in [0.15, 0.2) is 54.6 Å². The van der Waals surface area contributed by atoms with Crippen LogP contribution < -0.4 is 10.1 Å². The molecule has 0 aliphatic heterocycles. The number of carbonyl (C=O) groups is 1. The van der Waals surface area contributed by atoms with Crippen LogP contribution in [0.4, 0.5) is 0 Å². The summed E-state index contributed by atoms with van der Waals surface area (Å²) in [5, 5.41) is 10.2. The van der Waals surface area contributed by atoms with E-state index in [1.807, 2.05) is 30.3 Å². The van der Waals surface area contributed by atoms with Gasteiger partial charge in [-0.25, -0.2) is 0 Å². The van der Waals surface area contributed by atoms with E-state index in [4.69, 9.17) is 17.0 Å². The molecule has 32 heavy (non-hydrogen) atoms. The lowest BCUT2D eigenvalue weighted by Gasteiger charge is -2.30. The molecule has 3 aromatic rings. The average Bonchev–Trinajstić information content (AvgIpc) is 3.18. The lowest BCUT2D eigenvalue weighted by Crippen LogP contribution is -2.45. The Morgan fingerprint density at radius 1 is 1.16 bits per heavy atom. The van der Waals surface area contributed by atoms with Crippen LogP contribution in [0.25, 0.3) is 11.4 Å². The zero-order valence-corrected chi connectivity index (χ0v) is 19.7. The Kier molecular flexibility index (Phi) is 8.58. The highest BCUT2D eigenvalue weighted by atomic mass is 32.1. The summed E-state index contributed by atoms with van der Waals surface area (Å²) >= 11 is 5.37. The largest absolute Gasteiger partial charge is 0.497 e. The van der Waals surface area contributed by atoms with Crippen molar-refractivity contribution in [2.75, 3.05) is 26.7 Å². The molecule has 0 saturated heterocycles. The first-order valence-electron chi connectivity index (χ1n) is 10.9. The predicted octanol–water partition coefficient (Wildman–Crippen LogP) is 3.69. The number of amides is 1. The highest BCUT2D eigenvalue weighted by Crippen LogP contribution is 2.20. The van der Waals surface area contributed by atoms with E-state index in [0.29, 0.717) is 17.1 Å². The zero-order chi connectivity index (χ0) is 22.9. The SMILES string of the molecule is CCN(CC)C(CNC(=O)Cn1c(-c2ccc(OC)cc2)n[nH]c1=S)Cc1ccccc1. The van der Waals surface area contributed by atoms with Crippen LogP contribution in [0, 0.1) is 4.77 Å². The van der Waals surface area contributed by atoms with E-state index in [1.165, 1.54) is 5.56 Å². The highest BCUT2D eigenvalue weighted by Gasteiger charge is 2.18. The van der Waals surface area contributed by atoms with Gasteiger partial charge in [-0.15, -0.1) is 0 Å². The van der Waals surface area contributed by atoms with Crippen LogP contribution in [-0.4, -0.2) is 58.4 Å². The molecule has 7 nitrogen and oxygen atoms in total. The second-order valence-electron chi connectivity index (χ2n) is 7.54. The number of nitrogens with zero attached hydrogens (tertiary/aromatic N) is 3. The zero-order valence-electron chi connectivity index (χ0n) is 18.9. The standard InChI is InChI=1S/C24H31N5O2S/c1-4-28(5-2)20(15-18-9-7-6-8-10-18)16-25-22(30)17-29-23(26-27-24(29)32)19-11-13-21(31-3)14-12-19/h6-14,20H,4-5,15-17H2,1-3H3,(H,25,30)(H,27,32). The summed E-state index contributed by atoms with van der Waals surface area (Å²) in [6, 6.07) is 18.1. The first-order valence-corrected chi connectivity index (χ1v) is 11.3. The molecular weight excluding hydrogens is 422 g/mol. The lowest BCUT2D eigenvalue weighted by molar-refractivity contribution is -0.121. The first kappa shape index (κ1) is 23.7. The van der Waals surface area contributed by atoms with Gasteiger partial charge in [0.15, 0.2) is 10.6 Å². The van der Waals surface area contributed by atoms with E-state index in [-0.39, 0.29) is 18.5 Å². The number of H-pyrrole nitrogens is 1. The van der Waals surface area contributed by atoms with E-state index in [0.717, 1.165) is 30.8 Å². The van der Waals surface area contributed by atoms with E-state index in [1.54, 1.807) is 11.7 Å². The fourth-order valence-corrected chi connectivity index (χ4v) is 4.01. The van der Waals surface area contributed by atoms with Gasteiger partial charge in [0.25, 0.3) is 0 Å². The number of likely N-dealkylation sites (N-methyl/N-ethyl adjacent to an activating group) is 1. The van der Waals surface area contributed by atoms with Gasteiger partial charge in [-0.1, -0.05) is 44.2 Å². The molecule has 2 aromatic carbocycles. The monoisotopic (exact) mass is 453 g/mol. The van der Waals surface area contributed by atoms with Crippen molar-refractivity contribution >= 4 is 18.1 Å². The van der Waals surface area contributed by atoms with Crippen molar-refractivity contribution in [2.45, 2.75) is 32.9 Å². The fraction of sp³-hybridized carbons (Fsp3) is 0.375. The number of hydrogen-bond acceptors (Lipinski definition) is 5. The summed E-state index contributed by atoms with van der Waals surface area (Å²) in [7, 11) is 1.62. The number of aromatic nitrogens is 3. The molecule has 2 N–H and O–H groups in total. The Bertz CT molecular complexity index is 1040. The normalized spacial score (nSPS) is 12.0. The van der Waals surface area contributed by atoms with Gasteiger partial charge in [0.1, 0.15) is 12.3 Å². The van der Waals surface area contributed by atoms with Gasteiger partial charge in [0.05, 0.1) is 7.11 Å². The molecule has 0 bridgehead atoms. The molecule has 0 aliphatic rings. The van der Waals surface area contributed by atoms with Gasteiger partial charge >= 0.3 is 0 Å². The van der Waals surface area contributed by atoms with Gasteiger partial charge in [-0.05, 0) is 61.6 Å². The Labute approximate surface area is 194 Å². The minimum atomic E-state index is -0.0949. The van der Waals surface area contributed by atoms with Crippen LogP contribution in [0.3, 0.4) is 0 Å². The first-order chi connectivity index (χ1) is 15.5. The third-order valence-corrected chi connectivity index (χ3v) is 5.90. The average molecular weight is 454 g/mol. The Hall–Kier alpha value is -2.97. The number of hydrogen-bond donors (Lipinski definition) is 2. The van der Waals surface area contributed by atoms with Crippen LogP contribution in [0.1, 0.15) is 19.4 Å². The fourth-order valence-electron chi connectivity index (χ4n) is 3.81. The van der Waals surface area contributed by atoms with Crippen molar-refractivity contribution in [2.24, 2.45) is 0 Å². The maximum Gasteiger partial charge on any atom is 0.240 e. The third kappa shape index (κ3) is 6.05.